The van der Waals surface area contributed by atoms with E-state index in [1.54, 1.807) is 36.9 Å². The highest BCUT2D eigenvalue weighted by molar-refractivity contribution is 6.06. The topological polar surface area (TPSA) is 59.2 Å². The van der Waals surface area contributed by atoms with Crippen molar-refractivity contribution in [2.75, 3.05) is 6.54 Å². The second-order valence-corrected chi connectivity index (χ2v) is 5.71. The maximum atomic E-state index is 13.4. The van der Waals surface area contributed by atoms with Crippen molar-refractivity contribution in [1.29, 1.82) is 0 Å². The Bertz CT molecular complexity index is 904. The predicted octanol–water partition coefficient (Wildman–Crippen LogP) is 3.64. The smallest absolute Gasteiger partial charge is 0.258 e. The van der Waals surface area contributed by atoms with Crippen LogP contribution < -0.4 is 0 Å². The molecule has 3 rings (SSSR count). The first-order valence-electron chi connectivity index (χ1n) is 7.77. The van der Waals surface area contributed by atoms with E-state index < -0.39 is 0 Å². The fourth-order valence-corrected chi connectivity index (χ4v) is 2.74. The van der Waals surface area contributed by atoms with Gasteiger partial charge in [-0.25, -0.2) is 9.37 Å². The van der Waals surface area contributed by atoms with E-state index in [9.17, 15) is 9.18 Å². The van der Waals surface area contributed by atoms with Gasteiger partial charge in [0.25, 0.3) is 11.6 Å². The highest BCUT2D eigenvalue weighted by Crippen LogP contribution is 2.24. The minimum Gasteiger partial charge on any atom is -0.336 e. The van der Waals surface area contributed by atoms with Crippen LogP contribution in [0.5, 0.6) is 0 Å². The molecule has 0 saturated heterocycles. The Labute approximate surface area is 139 Å². The van der Waals surface area contributed by atoms with E-state index >= 15 is 0 Å². The largest absolute Gasteiger partial charge is 0.336 e. The summed E-state index contributed by atoms with van der Waals surface area (Å²) in [5.41, 5.74) is 2.92. The van der Waals surface area contributed by atoms with Gasteiger partial charge in [-0.15, -0.1) is 0 Å². The highest BCUT2D eigenvalue weighted by Gasteiger charge is 2.22. The van der Waals surface area contributed by atoms with Crippen molar-refractivity contribution in [2.45, 2.75) is 27.3 Å². The second-order valence-electron chi connectivity index (χ2n) is 5.71. The summed E-state index contributed by atoms with van der Waals surface area (Å²) in [6, 6.07) is 8.01. The highest BCUT2D eigenvalue weighted by atomic mass is 19.1. The number of hydrogen-bond acceptors (Lipinski definition) is 4. The molecule has 6 heteroatoms. The SMILES string of the molecule is CCN(Cc1cccc(F)c1)C(=O)c1cc(C)nc2onc(C)c12. The predicted molar refractivity (Wildman–Crippen MR) is 88.1 cm³/mol. The molecule has 0 saturated carbocycles. The van der Waals surface area contributed by atoms with Crippen molar-refractivity contribution < 1.29 is 13.7 Å². The number of carbonyl (C=O) groups excluding carboxylic acids is 1. The van der Waals surface area contributed by atoms with Gasteiger partial charge in [0.1, 0.15) is 5.82 Å². The average molecular weight is 327 g/mol. The van der Waals surface area contributed by atoms with Crippen LogP contribution in [0.15, 0.2) is 34.9 Å². The monoisotopic (exact) mass is 327 g/mol. The lowest BCUT2D eigenvalue weighted by Crippen LogP contribution is -2.30. The first kappa shape index (κ1) is 16.1. The van der Waals surface area contributed by atoms with Gasteiger partial charge in [-0.3, -0.25) is 4.79 Å². The zero-order valence-corrected chi connectivity index (χ0v) is 13.8. The Morgan fingerprint density at radius 3 is 2.79 bits per heavy atom. The van der Waals surface area contributed by atoms with Crippen molar-refractivity contribution in [3.63, 3.8) is 0 Å². The van der Waals surface area contributed by atoms with Crippen molar-refractivity contribution in [1.82, 2.24) is 15.0 Å². The molecule has 0 aliphatic rings. The molecule has 0 N–H and O–H groups in total. The van der Waals surface area contributed by atoms with Crippen LogP contribution in [0.3, 0.4) is 0 Å². The first-order valence-corrected chi connectivity index (χ1v) is 7.77. The number of pyridine rings is 1. The normalized spacial score (nSPS) is 11.0. The third-order valence-electron chi connectivity index (χ3n) is 3.91. The molecule has 3 aromatic rings. The summed E-state index contributed by atoms with van der Waals surface area (Å²) in [5.74, 6) is -0.461. The number of hydrogen-bond donors (Lipinski definition) is 0. The van der Waals surface area contributed by atoms with Gasteiger partial charge in [-0.1, -0.05) is 17.3 Å². The number of fused-ring (bicyclic) bond motifs is 1. The van der Waals surface area contributed by atoms with Crippen LogP contribution in [0.25, 0.3) is 11.1 Å². The zero-order chi connectivity index (χ0) is 17.3. The molecule has 2 heterocycles. The molecule has 0 unspecified atom stereocenters. The molecule has 1 aromatic carbocycles. The molecule has 0 bridgehead atoms. The maximum absolute atomic E-state index is 13.4. The van der Waals surface area contributed by atoms with Gasteiger partial charge in [0, 0.05) is 18.8 Å². The molecule has 0 fully saturated rings. The van der Waals surface area contributed by atoms with Crippen molar-refractivity contribution in [3.05, 3.63) is 58.7 Å². The van der Waals surface area contributed by atoms with Crippen LogP contribution in [-0.2, 0) is 6.54 Å². The van der Waals surface area contributed by atoms with Crippen molar-refractivity contribution in [3.8, 4) is 0 Å². The van der Waals surface area contributed by atoms with E-state index in [0.29, 0.717) is 41.1 Å². The standard InChI is InChI=1S/C18H18FN3O2/c1-4-22(10-13-6-5-7-14(19)9-13)18(23)15-8-11(2)20-17-16(15)12(3)21-24-17/h5-9H,4,10H2,1-3H3. The van der Waals surface area contributed by atoms with E-state index in [1.807, 2.05) is 6.92 Å². The van der Waals surface area contributed by atoms with Crippen LogP contribution >= 0.6 is 0 Å². The molecule has 2 aromatic heterocycles. The summed E-state index contributed by atoms with van der Waals surface area (Å²) in [6.07, 6.45) is 0. The Hall–Kier alpha value is -2.76. The van der Waals surface area contributed by atoms with Crippen LogP contribution in [0.1, 0.15) is 34.2 Å². The number of aromatic nitrogens is 2. The zero-order valence-electron chi connectivity index (χ0n) is 13.8. The van der Waals surface area contributed by atoms with Gasteiger partial charge in [0.2, 0.25) is 0 Å². The molecule has 0 radical (unpaired) electrons. The van der Waals surface area contributed by atoms with Crippen LogP contribution in [0.2, 0.25) is 0 Å². The van der Waals surface area contributed by atoms with Gasteiger partial charge >= 0.3 is 0 Å². The van der Waals surface area contributed by atoms with Gasteiger partial charge in [-0.05, 0) is 44.5 Å². The van der Waals surface area contributed by atoms with Crippen LogP contribution in [-0.4, -0.2) is 27.5 Å². The number of rotatable bonds is 4. The Morgan fingerprint density at radius 1 is 1.29 bits per heavy atom. The third-order valence-corrected chi connectivity index (χ3v) is 3.91. The Morgan fingerprint density at radius 2 is 2.08 bits per heavy atom. The molecule has 24 heavy (non-hydrogen) atoms. The van der Waals surface area contributed by atoms with Crippen LogP contribution in [0.4, 0.5) is 4.39 Å². The van der Waals surface area contributed by atoms with Gasteiger partial charge in [-0.2, -0.15) is 0 Å². The first-order chi connectivity index (χ1) is 11.5. The molecule has 0 atom stereocenters. The summed E-state index contributed by atoms with van der Waals surface area (Å²) < 4.78 is 18.6. The number of halogens is 1. The molecular formula is C18H18FN3O2. The average Bonchev–Trinajstić information content (AvgIpc) is 2.92. The lowest BCUT2D eigenvalue weighted by atomic mass is 10.1. The maximum Gasteiger partial charge on any atom is 0.258 e. The number of amides is 1. The summed E-state index contributed by atoms with van der Waals surface area (Å²) in [7, 11) is 0. The van der Waals surface area contributed by atoms with Gasteiger partial charge < -0.3 is 9.42 Å². The number of nitrogens with zero attached hydrogens (tertiary/aromatic N) is 3. The van der Waals surface area contributed by atoms with E-state index in [0.717, 1.165) is 5.56 Å². The third kappa shape index (κ3) is 2.99. The van der Waals surface area contributed by atoms with E-state index in [2.05, 4.69) is 10.1 Å². The minimum atomic E-state index is -0.312. The molecule has 5 nitrogen and oxygen atoms in total. The van der Waals surface area contributed by atoms with Crippen LogP contribution in [0, 0.1) is 19.7 Å². The molecule has 0 spiro atoms. The fourth-order valence-electron chi connectivity index (χ4n) is 2.74. The molecule has 124 valence electrons. The van der Waals surface area contributed by atoms with Gasteiger partial charge in [0.05, 0.1) is 16.6 Å². The second kappa shape index (κ2) is 6.39. The van der Waals surface area contributed by atoms with E-state index in [4.69, 9.17) is 4.52 Å². The minimum absolute atomic E-state index is 0.149. The lowest BCUT2D eigenvalue weighted by molar-refractivity contribution is 0.0754. The number of benzene rings is 1. The summed E-state index contributed by atoms with van der Waals surface area (Å²) in [4.78, 5) is 18.9. The number of carbonyl (C=O) groups is 1. The summed E-state index contributed by atoms with van der Waals surface area (Å²) >= 11 is 0. The number of aryl methyl sites for hydroxylation is 2. The van der Waals surface area contributed by atoms with E-state index in [-0.39, 0.29) is 11.7 Å². The molecular weight excluding hydrogens is 309 g/mol. The Kier molecular flexibility index (Phi) is 4.29. The Balaban J connectivity index is 1.99. The fraction of sp³-hybridized carbons (Fsp3) is 0.278. The molecule has 0 aliphatic carbocycles. The summed E-state index contributed by atoms with van der Waals surface area (Å²) in [6.45, 7) is 6.31. The van der Waals surface area contributed by atoms with Gasteiger partial charge in [0.15, 0.2) is 0 Å². The van der Waals surface area contributed by atoms with Crippen molar-refractivity contribution in [2.24, 2.45) is 0 Å². The molecule has 1 amide bonds. The quantitative estimate of drug-likeness (QED) is 0.734. The lowest BCUT2D eigenvalue weighted by Gasteiger charge is -2.21. The van der Waals surface area contributed by atoms with E-state index in [1.165, 1.54) is 12.1 Å². The van der Waals surface area contributed by atoms with Crippen molar-refractivity contribution >= 4 is 17.0 Å². The molecule has 0 aliphatic heterocycles. The summed E-state index contributed by atoms with van der Waals surface area (Å²) in [5, 5.41) is 4.53.